The first-order valence-corrected chi connectivity index (χ1v) is 11.6. The summed E-state index contributed by atoms with van der Waals surface area (Å²) in [7, 11) is 2.91. The number of aliphatic hydroxyl groups is 1. The Balaban J connectivity index is 2.00. The van der Waals surface area contributed by atoms with Gasteiger partial charge in [0.15, 0.2) is 0 Å². The quantitative estimate of drug-likeness (QED) is 0.228. The number of halogens is 3. The van der Waals surface area contributed by atoms with Gasteiger partial charge in [0.25, 0.3) is 11.7 Å². The molecule has 1 heterocycles. The van der Waals surface area contributed by atoms with Crippen molar-refractivity contribution in [1.82, 2.24) is 0 Å². The number of amides is 1. The van der Waals surface area contributed by atoms with Gasteiger partial charge in [-0.05, 0) is 54.4 Å². The summed E-state index contributed by atoms with van der Waals surface area (Å²) < 4.78 is 10.6. The van der Waals surface area contributed by atoms with Crippen molar-refractivity contribution in [1.29, 1.82) is 0 Å². The van der Waals surface area contributed by atoms with Crippen LogP contribution in [0.4, 0.5) is 5.69 Å². The summed E-state index contributed by atoms with van der Waals surface area (Å²) in [6.07, 6.45) is 0. The molecule has 1 aliphatic rings. The van der Waals surface area contributed by atoms with Crippen LogP contribution in [-0.4, -0.2) is 31.0 Å². The van der Waals surface area contributed by atoms with Gasteiger partial charge >= 0.3 is 0 Å². The van der Waals surface area contributed by atoms with E-state index in [0.29, 0.717) is 22.0 Å². The monoisotopic (exact) mass is 531 g/mol. The molecule has 0 radical (unpaired) electrons. The predicted octanol–water partition coefficient (Wildman–Crippen LogP) is 6.60. The summed E-state index contributed by atoms with van der Waals surface area (Å²) in [5, 5.41) is 12.2. The maximum atomic E-state index is 13.4. The average molecular weight is 533 g/mol. The molecule has 0 saturated carbocycles. The third-order valence-corrected chi connectivity index (χ3v) is 6.68. The van der Waals surface area contributed by atoms with Crippen molar-refractivity contribution < 1.29 is 24.2 Å². The Morgan fingerprint density at radius 2 is 1.60 bits per heavy atom. The third-order valence-electron chi connectivity index (χ3n) is 5.78. The second kappa shape index (κ2) is 9.82. The van der Waals surface area contributed by atoms with Gasteiger partial charge in [0.1, 0.15) is 17.3 Å². The minimum atomic E-state index is -0.970. The largest absolute Gasteiger partial charge is 0.507 e. The Bertz CT molecular complexity index is 1370. The van der Waals surface area contributed by atoms with E-state index in [4.69, 9.17) is 44.3 Å². The van der Waals surface area contributed by atoms with Gasteiger partial charge in [-0.2, -0.15) is 0 Å². The Kier molecular flexibility index (Phi) is 6.99. The molecule has 180 valence electrons. The number of Topliss-reactive ketones (excluding diaryl/α,β-unsaturated/α-hetero) is 1. The second-order valence-electron chi connectivity index (χ2n) is 7.84. The third kappa shape index (κ3) is 4.45. The molecule has 4 rings (SSSR count). The maximum absolute atomic E-state index is 13.4. The number of aryl methyl sites for hydroxylation is 1. The first kappa shape index (κ1) is 24.9. The maximum Gasteiger partial charge on any atom is 0.300 e. The number of nitrogens with zero attached hydrogens (tertiary/aromatic N) is 1. The molecule has 3 aromatic rings. The fraction of sp³-hybridized carbons (Fsp3) is 0.154. The molecule has 0 aromatic heterocycles. The molecule has 0 aliphatic carbocycles. The standard InChI is InChI=1S/C26H20Cl3NO5/c1-13-4-7-16(12-19(13)28)30-22(14-5-8-17(34-2)9-6-14)21(24(32)26(30)33)23(31)18-10-15(27)11-20(29)25(18)35-3/h4-12,22,31H,1-3H3/b23-21+. The number of carbonyl (C=O) groups is 2. The first-order valence-electron chi connectivity index (χ1n) is 10.4. The fourth-order valence-corrected chi connectivity index (χ4v) is 4.77. The Hall–Kier alpha value is -3.19. The molecule has 1 N–H and O–H groups in total. The Labute approximate surface area is 217 Å². The molecule has 0 bridgehead atoms. The molecular weight excluding hydrogens is 513 g/mol. The molecule has 35 heavy (non-hydrogen) atoms. The van der Waals surface area contributed by atoms with Crippen LogP contribution in [0.1, 0.15) is 22.7 Å². The summed E-state index contributed by atoms with van der Waals surface area (Å²) in [4.78, 5) is 28.0. The van der Waals surface area contributed by atoms with Gasteiger partial charge in [-0.1, -0.05) is 53.0 Å². The fourth-order valence-electron chi connectivity index (χ4n) is 4.02. The average Bonchev–Trinajstić information content (AvgIpc) is 3.10. The summed E-state index contributed by atoms with van der Waals surface area (Å²) in [6.45, 7) is 1.83. The summed E-state index contributed by atoms with van der Waals surface area (Å²) in [5.41, 5.74) is 1.72. The van der Waals surface area contributed by atoms with E-state index in [2.05, 4.69) is 0 Å². The molecule has 1 saturated heterocycles. The van der Waals surface area contributed by atoms with E-state index in [-0.39, 0.29) is 26.9 Å². The van der Waals surface area contributed by atoms with E-state index < -0.39 is 23.5 Å². The predicted molar refractivity (Wildman–Crippen MR) is 137 cm³/mol. The highest BCUT2D eigenvalue weighted by molar-refractivity contribution is 6.52. The summed E-state index contributed by atoms with van der Waals surface area (Å²) in [5.74, 6) is -1.46. The van der Waals surface area contributed by atoms with E-state index >= 15 is 0 Å². The summed E-state index contributed by atoms with van der Waals surface area (Å²) >= 11 is 18.8. The lowest BCUT2D eigenvalue weighted by Gasteiger charge is -2.26. The van der Waals surface area contributed by atoms with Crippen molar-refractivity contribution in [2.75, 3.05) is 19.1 Å². The van der Waals surface area contributed by atoms with Gasteiger partial charge in [-0.3, -0.25) is 14.5 Å². The molecular formula is C26H20Cl3NO5. The number of carbonyl (C=O) groups excluding carboxylic acids is 2. The van der Waals surface area contributed by atoms with Gasteiger partial charge in [-0.15, -0.1) is 0 Å². The number of anilines is 1. The lowest BCUT2D eigenvalue weighted by atomic mass is 9.94. The topological polar surface area (TPSA) is 76.1 Å². The van der Waals surface area contributed by atoms with Gasteiger partial charge in [0.05, 0.1) is 36.4 Å². The smallest absolute Gasteiger partial charge is 0.300 e. The van der Waals surface area contributed by atoms with E-state index in [1.807, 2.05) is 6.92 Å². The molecule has 1 amide bonds. The number of ether oxygens (including phenoxy) is 2. The molecule has 6 nitrogen and oxygen atoms in total. The zero-order valence-electron chi connectivity index (χ0n) is 18.9. The highest BCUT2D eigenvalue weighted by Crippen LogP contribution is 2.45. The van der Waals surface area contributed by atoms with Crippen molar-refractivity contribution in [3.8, 4) is 11.5 Å². The molecule has 3 aromatic carbocycles. The van der Waals surface area contributed by atoms with Gasteiger partial charge in [0, 0.05) is 15.7 Å². The normalized spacial score (nSPS) is 17.1. The number of benzene rings is 3. The zero-order valence-corrected chi connectivity index (χ0v) is 21.2. The minimum Gasteiger partial charge on any atom is -0.507 e. The van der Waals surface area contributed by atoms with Crippen LogP contribution in [0.2, 0.25) is 15.1 Å². The van der Waals surface area contributed by atoms with Crippen molar-refractivity contribution >= 4 is 57.9 Å². The highest BCUT2D eigenvalue weighted by Gasteiger charge is 2.47. The highest BCUT2D eigenvalue weighted by atomic mass is 35.5. The van der Waals surface area contributed by atoms with E-state index in [9.17, 15) is 14.7 Å². The van der Waals surface area contributed by atoms with Crippen molar-refractivity contribution in [3.63, 3.8) is 0 Å². The molecule has 1 fully saturated rings. The van der Waals surface area contributed by atoms with E-state index in [1.165, 1.54) is 31.3 Å². The van der Waals surface area contributed by atoms with Crippen LogP contribution in [0.5, 0.6) is 11.5 Å². The molecule has 9 heteroatoms. The van der Waals surface area contributed by atoms with Crippen LogP contribution in [-0.2, 0) is 9.59 Å². The molecule has 1 aliphatic heterocycles. The first-order chi connectivity index (χ1) is 16.7. The Morgan fingerprint density at radius 3 is 2.20 bits per heavy atom. The van der Waals surface area contributed by atoms with E-state index in [0.717, 1.165) is 5.56 Å². The molecule has 0 spiro atoms. The van der Waals surface area contributed by atoms with Gasteiger partial charge in [-0.25, -0.2) is 0 Å². The van der Waals surface area contributed by atoms with Crippen LogP contribution < -0.4 is 14.4 Å². The lowest BCUT2D eigenvalue weighted by molar-refractivity contribution is -0.132. The van der Waals surface area contributed by atoms with Crippen LogP contribution >= 0.6 is 34.8 Å². The van der Waals surface area contributed by atoms with Crippen molar-refractivity contribution in [3.05, 3.63) is 91.9 Å². The number of hydrogen-bond acceptors (Lipinski definition) is 5. The Morgan fingerprint density at radius 1 is 0.914 bits per heavy atom. The molecule has 1 unspecified atom stereocenters. The van der Waals surface area contributed by atoms with Crippen LogP contribution in [0, 0.1) is 6.92 Å². The summed E-state index contributed by atoms with van der Waals surface area (Å²) in [6, 6.07) is 13.8. The van der Waals surface area contributed by atoms with Crippen LogP contribution in [0.15, 0.2) is 60.2 Å². The SMILES string of the molecule is COc1ccc(C2/C(=C(\O)c3cc(Cl)cc(Cl)c3OC)C(=O)C(=O)N2c2ccc(C)c(Cl)c2)cc1. The van der Waals surface area contributed by atoms with Crippen molar-refractivity contribution in [2.45, 2.75) is 13.0 Å². The van der Waals surface area contributed by atoms with E-state index in [1.54, 1.807) is 42.5 Å². The van der Waals surface area contributed by atoms with Crippen LogP contribution in [0.3, 0.4) is 0 Å². The lowest BCUT2D eigenvalue weighted by Crippen LogP contribution is -2.29. The number of methoxy groups -OCH3 is 2. The number of hydrogen-bond donors (Lipinski definition) is 1. The number of aliphatic hydroxyl groups excluding tert-OH is 1. The molecule has 1 atom stereocenters. The van der Waals surface area contributed by atoms with Crippen LogP contribution in [0.25, 0.3) is 5.76 Å². The number of rotatable bonds is 5. The minimum absolute atomic E-state index is 0.0865. The number of ketones is 1. The second-order valence-corrected chi connectivity index (χ2v) is 9.10. The zero-order chi connectivity index (χ0) is 25.4. The van der Waals surface area contributed by atoms with Gasteiger partial charge in [0.2, 0.25) is 0 Å². The van der Waals surface area contributed by atoms with Crippen molar-refractivity contribution in [2.24, 2.45) is 0 Å². The van der Waals surface area contributed by atoms with Gasteiger partial charge < -0.3 is 14.6 Å².